The summed E-state index contributed by atoms with van der Waals surface area (Å²) in [7, 11) is -3.88. The van der Waals surface area contributed by atoms with Crippen LogP contribution in [0.25, 0.3) is 0 Å². The van der Waals surface area contributed by atoms with E-state index in [0.717, 1.165) is 12.2 Å². The van der Waals surface area contributed by atoms with E-state index in [4.69, 9.17) is 10.3 Å². The number of nitrogens with zero attached hydrogens (tertiary/aromatic N) is 6. The van der Waals surface area contributed by atoms with E-state index < -0.39 is 20.0 Å². The number of nitrogens with two attached hydrogens (primary N) is 2. The van der Waals surface area contributed by atoms with Gasteiger partial charge in [0.05, 0.1) is 18.8 Å². The van der Waals surface area contributed by atoms with Gasteiger partial charge in [-0.3, -0.25) is 19.1 Å². The van der Waals surface area contributed by atoms with E-state index in [-0.39, 0.29) is 21.7 Å². The fraction of sp³-hybridized carbons (Fsp3) is 0.500. The fourth-order valence-corrected chi connectivity index (χ4v) is 3.93. The molecule has 160 valence electrons. The van der Waals surface area contributed by atoms with E-state index in [2.05, 4.69) is 15.1 Å². The van der Waals surface area contributed by atoms with Crippen LogP contribution in [0.2, 0.25) is 0 Å². The number of primary sulfonamides is 2. The summed E-state index contributed by atoms with van der Waals surface area (Å²) in [5.41, 5.74) is 1.15. The van der Waals surface area contributed by atoms with Gasteiger partial charge in [-0.1, -0.05) is 0 Å². The monoisotopic (exact) mass is 446 g/mol. The fourth-order valence-electron chi connectivity index (χ4n) is 2.93. The van der Waals surface area contributed by atoms with Crippen molar-refractivity contribution in [1.29, 1.82) is 0 Å². The van der Waals surface area contributed by atoms with Crippen LogP contribution < -0.4 is 10.3 Å². The van der Waals surface area contributed by atoms with Crippen molar-refractivity contribution in [3.63, 3.8) is 0 Å². The van der Waals surface area contributed by atoms with Gasteiger partial charge < -0.3 is 4.90 Å². The number of fused-ring (bicyclic) bond motifs is 2. The average molecular weight is 447 g/mol. The molecular weight excluding hydrogens is 424 g/mol. The first-order chi connectivity index (χ1) is 13.4. The summed E-state index contributed by atoms with van der Waals surface area (Å²) in [6, 6.07) is 2.73. The predicted molar refractivity (Wildman–Crippen MR) is 100 cm³/mol. The second-order valence-corrected chi connectivity index (χ2v) is 9.86. The maximum atomic E-state index is 11.6. The van der Waals surface area contributed by atoms with Crippen LogP contribution in [0.4, 0.5) is 0 Å². The third kappa shape index (κ3) is 4.64. The third-order valence-electron chi connectivity index (χ3n) is 4.52. The second kappa shape index (κ2) is 7.49. The van der Waals surface area contributed by atoms with E-state index >= 15 is 0 Å². The Balaban J connectivity index is 0.000000166. The lowest BCUT2D eigenvalue weighted by atomic mass is 10.3. The van der Waals surface area contributed by atoms with Crippen LogP contribution in [0.1, 0.15) is 16.2 Å². The molecule has 2 aromatic heterocycles. The van der Waals surface area contributed by atoms with Crippen LogP contribution in [-0.4, -0.2) is 79.3 Å². The number of hydrogen-bond donors (Lipinski definition) is 2. The number of likely N-dealkylation sites (N-methyl/N-ethyl adjacent to an activating group) is 2. The Morgan fingerprint density at radius 1 is 0.862 bits per heavy atom. The van der Waals surface area contributed by atoms with Crippen LogP contribution in [0, 0.1) is 0 Å². The maximum absolute atomic E-state index is 11.6. The molecule has 29 heavy (non-hydrogen) atoms. The highest BCUT2D eigenvalue weighted by Crippen LogP contribution is 2.15. The lowest BCUT2D eigenvalue weighted by molar-refractivity contribution is 0.0742. The number of hydrogen-bond acceptors (Lipinski definition) is 8. The summed E-state index contributed by atoms with van der Waals surface area (Å²) in [5.74, 6) is -0.247. The quantitative estimate of drug-likeness (QED) is 0.512. The SMILES string of the molecule is CN1CCn2nc(S(N)(=O)=O)cc2C1.CN1CCn2nc(S(N)(=O)=O)cc2C1=O. The molecule has 0 fully saturated rings. The molecule has 0 aliphatic carbocycles. The zero-order chi connectivity index (χ0) is 21.6. The molecule has 0 saturated carbocycles. The molecule has 13 nitrogen and oxygen atoms in total. The summed E-state index contributed by atoms with van der Waals surface area (Å²) >= 11 is 0. The summed E-state index contributed by atoms with van der Waals surface area (Å²) in [5, 5.41) is 17.3. The van der Waals surface area contributed by atoms with Crippen LogP contribution >= 0.6 is 0 Å². The summed E-state index contributed by atoms with van der Waals surface area (Å²) in [6.45, 7) is 3.28. The van der Waals surface area contributed by atoms with Gasteiger partial charge in [0.15, 0.2) is 10.1 Å². The van der Waals surface area contributed by atoms with Gasteiger partial charge >= 0.3 is 0 Å². The maximum Gasteiger partial charge on any atom is 0.271 e. The van der Waals surface area contributed by atoms with Crippen molar-refractivity contribution in [2.45, 2.75) is 29.7 Å². The molecule has 0 unspecified atom stereocenters. The number of rotatable bonds is 2. The zero-order valence-corrected chi connectivity index (χ0v) is 17.5. The van der Waals surface area contributed by atoms with Crippen molar-refractivity contribution in [2.24, 2.45) is 10.3 Å². The number of carbonyl (C=O) groups excluding carboxylic acids is 1. The molecular formula is C14H22N8O5S2. The zero-order valence-electron chi connectivity index (χ0n) is 15.9. The Hall–Kier alpha value is -2.33. The third-order valence-corrected chi connectivity index (χ3v) is 6.08. The van der Waals surface area contributed by atoms with Crippen molar-refractivity contribution in [2.75, 3.05) is 27.2 Å². The number of aromatic nitrogens is 4. The molecule has 0 radical (unpaired) electrons. The van der Waals surface area contributed by atoms with Gasteiger partial charge in [0, 0.05) is 38.8 Å². The van der Waals surface area contributed by atoms with Gasteiger partial charge in [-0.2, -0.15) is 10.2 Å². The van der Waals surface area contributed by atoms with Gasteiger partial charge in [0.1, 0.15) is 5.69 Å². The first-order valence-electron chi connectivity index (χ1n) is 8.50. The molecule has 4 rings (SSSR count). The summed E-state index contributed by atoms with van der Waals surface area (Å²) in [6.07, 6.45) is 0. The summed E-state index contributed by atoms with van der Waals surface area (Å²) in [4.78, 5) is 15.2. The van der Waals surface area contributed by atoms with Gasteiger partial charge in [0.2, 0.25) is 0 Å². The Bertz CT molecular complexity index is 1150. The van der Waals surface area contributed by atoms with Gasteiger partial charge in [0.25, 0.3) is 26.0 Å². The highest BCUT2D eigenvalue weighted by molar-refractivity contribution is 7.89. The smallest absolute Gasteiger partial charge is 0.271 e. The topological polar surface area (TPSA) is 180 Å². The number of sulfonamides is 2. The Kier molecular flexibility index (Phi) is 5.52. The first kappa shape index (κ1) is 21.4. The standard InChI is InChI=1S/C7H10N4O3S.C7H12N4O2S/c1-10-2-3-11-5(7(10)12)4-6(9-11)15(8,13)14;1-10-2-3-11-6(5-10)4-7(9-11)14(8,12)13/h4H,2-3H2,1H3,(H2,8,13,14);4H,2-3,5H2,1H3,(H2,8,12,13). The van der Waals surface area contributed by atoms with Gasteiger partial charge in [-0.25, -0.2) is 27.1 Å². The molecule has 15 heteroatoms. The van der Waals surface area contributed by atoms with E-state index in [1.54, 1.807) is 11.7 Å². The van der Waals surface area contributed by atoms with E-state index in [1.807, 2.05) is 7.05 Å². The Morgan fingerprint density at radius 3 is 2.03 bits per heavy atom. The molecule has 0 atom stereocenters. The van der Waals surface area contributed by atoms with E-state index in [9.17, 15) is 21.6 Å². The average Bonchev–Trinajstić information content (AvgIpc) is 3.22. The van der Waals surface area contributed by atoms with E-state index in [0.29, 0.717) is 26.2 Å². The molecule has 0 bridgehead atoms. The van der Waals surface area contributed by atoms with Crippen LogP contribution in [0.5, 0.6) is 0 Å². The summed E-state index contributed by atoms with van der Waals surface area (Å²) < 4.78 is 47.1. The Morgan fingerprint density at radius 2 is 1.41 bits per heavy atom. The normalized spacial score (nSPS) is 17.4. The molecule has 0 spiro atoms. The lowest BCUT2D eigenvalue weighted by Gasteiger charge is -2.22. The number of carbonyl (C=O) groups is 1. The van der Waals surface area contributed by atoms with Gasteiger partial charge in [-0.05, 0) is 7.05 Å². The van der Waals surface area contributed by atoms with Crippen molar-refractivity contribution < 1.29 is 21.6 Å². The van der Waals surface area contributed by atoms with E-state index in [1.165, 1.54) is 21.7 Å². The van der Waals surface area contributed by atoms with Crippen LogP contribution in [0.3, 0.4) is 0 Å². The minimum absolute atomic E-state index is 0.0391. The predicted octanol–water partition coefficient (Wildman–Crippen LogP) is -2.41. The molecule has 0 aromatic carbocycles. The molecule has 2 aliphatic heterocycles. The molecule has 2 aliphatic rings. The minimum atomic E-state index is -3.84. The van der Waals surface area contributed by atoms with Crippen molar-refractivity contribution in [3.8, 4) is 0 Å². The molecule has 4 N–H and O–H groups in total. The Labute approximate surface area is 167 Å². The lowest BCUT2D eigenvalue weighted by Crippen LogP contribution is -2.37. The van der Waals surface area contributed by atoms with Crippen molar-refractivity contribution in [3.05, 3.63) is 23.5 Å². The van der Waals surface area contributed by atoms with Crippen LogP contribution in [0.15, 0.2) is 22.2 Å². The molecule has 4 heterocycles. The van der Waals surface area contributed by atoms with Gasteiger partial charge in [-0.15, -0.1) is 0 Å². The van der Waals surface area contributed by atoms with Crippen molar-refractivity contribution >= 4 is 26.0 Å². The molecule has 1 amide bonds. The highest BCUT2D eigenvalue weighted by Gasteiger charge is 2.26. The highest BCUT2D eigenvalue weighted by atomic mass is 32.2. The largest absolute Gasteiger partial charge is 0.339 e. The van der Waals surface area contributed by atoms with Crippen molar-refractivity contribution in [1.82, 2.24) is 29.4 Å². The van der Waals surface area contributed by atoms with Crippen LogP contribution in [-0.2, 0) is 39.7 Å². The molecule has 2 aromatic rings. The molecule has 0 saturated heterocycles. The number of amides is 1. The minimum Gasteiger partial charge on any atom is -0.339 e. The second-order valence-electron chi connectivity index (χ2n) is 6.84. The first-order valence-corrected chi connectivity index (χ1v) is 11.6.